The Hall–Kier alpha value is -0.160. The van der Waals surface area contributed by atoms with Crippen molar-refractivity contribution in [3.63, 3.8) is 0 Å². The number of piperazine rings is 1. The van der Waals surface area contributed by atoms with Crippen molar-refractivity contribution in [3.8, 4) is 0 Å². The summed E-state index contributed by atoms with van der Waals surface area (Å²) in [6.07, 6.45) is 0.850. The molecular formula is C10H23N3O. The van der Waals surface area contributed by atoms with Gasteiger partial charge in [-0.3, -0.25) is 4.90 Å². The van der Waals surface area contributed by atoms with Gasteiger partial charge in [-0.2, -0.15) is 0 Å². The molecule has 1 unspecified atom stereocenters. The highest BCUT2D eigenvalue weighted by Crippen LogP contribution is 2.02. The third kappa shape index (κ3) is 3.92. The number of aliphatic hydroxyl groups is 1. The summed E-state index contributed by atoms with van der Waals surface area (Å²) in [4.78, 5) is 4.83. The van der Waals surface area contributed by atoms with E-state index in [4.69, 9.17) is 5.11 Å². The summed E-state index contributed by atoms with van der Waals surface area (Å²) in [5, 5.41) is 12.1. The largest absolute Gasteiger partial charge is 0.396 e. The quantitative estimate of drug-likeness (QED) is 0.611. The number of nitrogens with zero attached hydrogens (tertiary/aromatic N) is 2. The van der Waals surface area contributed by atoms with E-state index in [1.54, 1.807) is 0 Å². The van der Waals surface area contributed by atoms with Crippen molar-refractivity contribution < 1.29 is 5.11 Å². The van der Waals surface area contributed by atoms with E-state index in [0.717, 1.165) is 39.1 Å². The number of hydrogen-bond acceptors (Lipinski definition) is 4. The highest BCUT2D eigenvalue weighted by atomic mass is 16.3. The Morgan fingerprint density at radius 3 is 2.43 bits per heavy atom. The maximum Gasteiger partial charge on any atom is 0.0446 e. The molecule has 0 spiro atoms. The molecule has 1 rings (SSSR count). The van der Waals surface area contributed by atoms with E-state index in [-0.39, 0.29) is 6.61 Å². The first kappa shape index (κ1) is 11.9. The van der Waals surface area contributed by atoms with Gasteiger partial charge in [0.1, 0.15) is 0 Å². The Morgan fingerprint density at radius 2 is 1.93 bits per heavy atom. The van der Waals surface area contributed by atoms with Gasteiger partial charge in [0, 0.05) is 45.4 Å². The van der Waals surface area contributed by atoms with Gasteiger partial charge in [0.05, 0.1) is 0 Å². The second kappa shape index (κ2) is 6.35. The minimum absolute atomic E-state index is 0.277. The summed E-state index contributed by atoms with van der Waals surface area (Å²) in [6, 6.07) is 0.434. The first-order valence-electron chi connectivity index (χ1n) is 5.45. The molecule has 0 amide bonds. The Morgan fingerprint density at radius 1 is 1.29 bits per heavy atom. The maximum atomic E-state index is 8.87. The molecule has 1 saturated heterocycles. The smallest absolute Gasteiger partial charge is 0.0446 e. The predicted octanol–water partition coefficient (Wildman–Crippen LogP) is -0.796. The first-order chi connectivity index (χ1) is 6.76. The van der Waals surface area contributed by atoms with Crippen LogP contribution in [0.5, 0.6) is 0 Å². The summed E-state index contributed by atoms with van der Waals surface area (Å²) in [5.41, 5.74) is 0. The zero-order valence-electron chi connectivity index (χ0n) is 9.37. The molecule has 1 atom stereocenters. The Kier molecular flexibility index (Phi) is 5.40. The zero-order chi connectivity index (χ0) is 10.4. The fourth-order valence-corrected chi connectivity index (χ4v) is 1.82. The lowest BCUT2D eigenvalue weighted by molar-refractivity contribution is 0.136. The highest BCUT2D eigenvalue weighted by molar-refractivity contribution is 4.75. The van der Waals surface area contributed by atoms with E-state index in [9.17, 15) is 0 Å². The van der Waals surface area contributed by atoms with Crippen molar-refractivity contribution in [1.29, 1.82) is 0 Å². The Balaban J connectivity index is 2.21. The van der Waals surface area contributed by atoms with E-state index < -0.39 is 0 Å². The van der Waals surface area contributed by atoms with Crippen molar-refractivity contribution >= 4 is 0 Å². The van der Waals surface area contributed by atoms with Gasteiger partial charge in [0.2, 0.25) is 0 Å². The Labute approximate surface area is 86.9 Å². The molecule has 1 aliphatic heterocycles. The van der Waals surface area contributed by atoms with Gasteiger partial charge in [0.25, 0.3) is 0 Å². The van der Waals surface area contributed by atoms with Crippen LogP contribution in [0.1, 0.15) is 6.42 Å². The molecule has 0 aliphatic carbocycles. The van der Waals surface area contributed by atoms with Gasteiger partial charge >= 0.3 is 0 Å². The number of rotatable bonds is 5. The lowest BCUT2D eigenvalue weighted by Crippen LogP contribution is -2.49. The summed E-state index contributed by atoms with van der Waals surface area (Å²) in [5.74, 6) is 0. The molecule has 4 nitrogen and oxygen atoms in total. The molecule has 0 bridgehead atoms. The number of hydrogen-bond donors (Lipinski definition) is 2. The highest BCUT2D eigenvalue weighted by Gasteiger charge is 2.16. The molecule has 2 N–H and O–H groups in total. The topological polar surface area (TPSA) is 38.7 Å². The van der Waals surface area contributed by atoms with Gasteiger partial charge in [-0.1, -0.05) is 0 Å². The maximum absolute atomic E-state index is 8.87. The molecule has 84 valence electrons. The van der Waals surface area contributed by atoms with Crippen LogP contribution in [0.4, 0.5) is 0 Å². The van der Waals surface area contributed by atoms with Gasteiger partial charge in [0.15, 0.2) is 0 Å². The molecule has 1 heterocycles. The average Bonchev–Trinajstić information content (AvgIpc) is 2.20. The van der Waals surface area contributed by atoms with Crippen molar-refractivity contribution in [2.75, 3.05) is 53.4 Å². The van der Waals surface area contributed by atoms with Crippen LogP contribution >= 0.6 is 0 Å². The molecule has 0 saturated carbocycles. The molecule has 14 heavy (non-hydrogen) atoms. The number of aliphatic hydroxyl groups excluding tert-OH is 1. The van der Waals surface area contributed by atoms with Crippen LogP contribution in [-0.2, 0) is 0 Å². The van der Waals surface area contributed by atoms with Crippen molar-refractivity contribution in [3.05, 3.63) is 0 Å². The van der Waals surface area contributed by atoms with E-state index in [1.807, 2.05) is 7.05 Å². The average molecular weight is 201 g/mol. The fourth-order valence-electron chi connectivity index (χ4n) is 1.82. The van der Waals surface area contributed by atoms with Gasteiger partial charge in [-0.25, -0.2) is 0 Å². The molecule has 0 aromatic rings. The van der Waals surface area contributed by atoms with Gasteiger partial charge in [-0.05, 0) is 20.5 Å². The van der Waals surface area contributed by atoms with Crippen LogP contribution in [0.3, 0.4) is 0 Å². The summed E-state index contributed by atoms with van der Waals surface area (Å²) < 4.78 is 0. The zero-order valence-corrected chi connectivity index (χ0v) is 9.37. The van der Waals surface area contributed by atoms with Crippen molar-refractivity contribution in [1.82, 2.24) is 15.1 Å². The van der Waals surface area contributed by atoms with Gasteiger partial charge in [-0.15, -0.1) is 0 Å². The van der Waals surface area contributed by atoms with E-state index in [2.05, 4.69) is 22.2 Å². The van der Waals surface area contributed by atoms with E-state index in [0.29, 0.717) is 6.04 Å². The predicted molar refractivity (Wildman–Crippen MR) is 58.5 cm³/mol. The number of likely N-dealkylation sites (N-methyl/N-ethyl adjacent to an activating group) is 2. The molecule has 0 radical (unpaired) electrons. The van der Waals surface area contributed by atoms with Crippen LogP contribution in [0, 0.1) is 0 Å². The molecule has 1 fully saturated rings. The van der Waals surface area contributed by atoms with Crippen molar-refractivity contribution in [2.24, 2.45) is 0 Å². The molecular weight excluding hydrogens is 178 g/mol. The van der Waals surface area contributed by atoms with E-state index >= 15 is 0 Å². The Bertz CT molecular complexity index is 146. The number of nitrogens with one attached hydrogen (secondary N) is 1. The summed E-state index contributed by atoms with van der Waals surface area (Å²) in [7, 11) is 4.14. The standard InChI is InChI=1S/C10H23N3O/c1-11-10(3-8-14)9-13-6-4-12(2)5-7-13/h10-11,14H,3-9H2,1-2H3. The third-order valence-corrected chi connectivity index (χ3v) is 2.96. The minimum Gasteiger partial charge on any atom is -0.396 e. The normalized spacial score (nSPS) is 22.5. The van der Waals surface area contributed by atoms with Crippen LogP contribution in [-0.4, -0.2) is 74.4 Å². The SMILES string of the molecule is CNC(CCO)CN1CCN(C)CC1. The molecule has 4 heteroatoms. The molecule has 0 aromatic carbocycles. The molecule has 1 aliphatic rings. The summed E-state index contributed by atoms with van der Waals surface area (Å²) >= 11 is 0. The monoisotopic (exact) mass is 201 g/mol. The lowest BCUT2D eigenvalue weighted by Gasteiger charge is -2.34. The fraction of sp³-hybridized carbons (Fsp3) is 1.00. The minimum atomic E-state index is 0.277. The third-order valence-electron chi connectivity index (χ3n) is 2.96. The second-order valence-corrected chi connectivity index (χ2v) is 4.10. The second-order valence-electron chi connectivity index (χ2n) is 4.10. The first-order valence-corrected chi connectivity index (χ1v) is 5.45. The van der Waals surface area contributed by atoms with Crippen molar-refractivity contribution in [2.45, 2.75) is 12.5 Å². The van der Waals surface area contributed by atoms with Crippen LogP contribution < -0.4 is 5.32 Å². The molecule has 0 aromatic heterocycles. The van der Waals surface area contributed by atoms with E-state index in [1.165, 1.54) is 0 Å². The lowest BCUT2D eigenvalue weighted by atomic mass is 10.2. The van der Waals surface area contributed by atoms with Crippen LogP contribution in [0.25, 0.3) is 0 Å². The van der Waals surface area contributed by atoms with Gasteiger partial charge < -0.3 is 15.3 Å². The summed E-state index contributed by atoms with van der Waals surface area (Å²) in [6.45, 7) is 5.97. The van der Waals surface area contributed by atoms with Crippen LogP contribution in [0.2, 0.25) is 0 Å². The van der Waals surface area contributed by atoms with Crippen LogP contribution in [0.15, 0.2) is 0 Å².